The first-order valence-electron chi connectivity index (χ1n) is 5.65. The highest BCUT2D eigenvalue weighted by atomic mass is 19.4. The minimum Gasteiger partial charge on any atom is -0.368 e. The molecule has 0 unspecified atom stereocenters. The Morgan fingerprint density at radius 3 is 2.57 bits per heavy atom. The van der Waals surface area contributed by atoms with Gasteiger partial charge in [-0.15, -0.1) is 0 Å². The number of alkyl halides is 3. The second-order valence-electron chi connectivity index (χ2n) is 4.09. The summed E-state index contributed by atoms with van der Waals surface area (Å²) < 4.78 is 49.2. The van der Waals surface area contributed by atoms with Gasteiger partial charge in [-0.1, -0.05) is 6.07 Å². The lowest BCUT2D eigenvalue weighted by Crippen LogP contribution is -2.42. The van der Waals surface area contributed by atoms with E-state index < -0.39 is 41.1 Å². The van der Waals surface area contributed by atoms with Gasteiger partial charge in [-0.25, -0.2) is 0 Å². The van der Waals surface area contributed by atoms with Crippen LogP contribution in [0, 0.1) is 15.9 Å². The van der Waals surface area contributed by atoms with Crippen molar-refractivity contribution in [2.75, 3.05) is 11.9 Å². The van der Waals surface area contributed by atoms with Gasteiger partial charge in [0.25, 0.3) is 0 Å². The number of amides is 1. The minimum absolute atomic E-state index is 0.297. The van der Waals surface area contributed by atoms with Gasteiger partial charge in [0.1, 0.15) is 18.3 Å². The van der Waals surface area contributed by atoms with Gasteiger partial charge in [-0.05, 0) is 19.1 Å². The zero-order valence-electron chi connectivity index (χ0n) is 10.7. The summed E-state index contributed by atoms with van der Waals surface area (Å²) in [6, 6.07) is 1.96. The average Bonchev–Trinajstić information content (AvgIpc) is 2.34. The predicted molar refractivity (Wildman–Crippen MR) is 65.2 cm³/mol. The van der Waals surface area contributed by atoms with Crippen molar-refractivity contribution in [3.05, 3.63) is 34.1 Å². The first kappa shape index (κ1) is 16.7. The van der Waals surface area contributed by atoms with Gasteiger partial charge in [0.15, 0.2) is 0 Å². The van der Waals surface area contributed by atoms with Crippen LogP contribution in [0.4, 0.5) is 28.9 Å². The van der Waals surface area contributed by atoms with Crippen molar-refractivity contribution in [1.82, 2.24) is 5.32 Å². The smallest absolute Gasteiger partial charge is 0.368 e. The number of para-hydroxylation sites is 1. The van der Waals surface area contributed by atoms with Crippen molar-refractivity contribution in [1.29, 1.82) is 0 Å². The van der Waals surface area contributed by atoms with Crippen molar-refractivity contribution >= 4 is 17.3 Å². The normalized spacial score (nSPS) is 12.6. The molecule has 0 aliphatic carbocycles. The fraction of sp³-hybridized carbons (Fsp3) is 0.364. The fourth-order valence-corrected chi connectivity index (χ4v) is 1.46. The van der Waals surface area contributed by atoms with Gasteiger partial charge in [-0.2, -0.15) is 17.6 Å². The molecular weight excluding hydrogens is 298 g/mol. The van der Waals surface area contributed by atoms with Gasteiger partial charge < -0.3 is 10.6 Å². The number of benzene rings is 1. The van der Waals surface area contributed by atoms with Gasteiger partial charge in [0, 0.05) is 0 Å². The number of nitrogens with one attached hydrogen (secondary N) is 2. The van der Waals surface area contributed by atoms with Crippen LogP contribution < -0.4 is 10.6 Å². The number of hydrogen-bond acceptors (Lipinski definition) is 4. The standard InChI is InChI=1S/C11H11F4N3O3/c1-6(10(19)16-5-11(13,14)15)17-8-4-2-3-7(12)9(8)18(20)21/h2-4,6,17H,5H2,1H3,(H,16,19)/t6-/m0/s1. The number of carbonyl (C=O) groups excluding carboxylic acids is 1. The molecule has 1 amide bonds. The summed E-state index contributed by atoms with van der Waals surface area (Å²) in [5.41, 5.74) is -1.18. The Morgan fingerprint density at radius 2 is 2.05 bits per heavy atom. The molecule has 116 valence electrons. The van der Waals surface area contributed by atoms with Crippen LogP contribution in [0.5, 0.6) is 0 Å². The third-order valence-electron chi connectivity index (χ3n) is 2.40. The number of rotatable bonds is 5. The molecule has 2 N–H and O–H groups in total. The molecule has 1 aromatic rings. The maximum atomic E-state index is 13.3. The summed E-state index contributed by atoms with van der Waals surface area (Å²) in [7, 11) is 0. The molecular formula is C11H11F4N3O3. The lowest BCUT2D eigenvalue weighted by atomic mass is 10.2. The molecule has 0 saturated heterocycles. The molecule has 0 spiro atoms. The maximum absolute atomic E-state index is 13.3. The van der Waals surface area contributed by atoms with Crippen LogP contribution in [0.15, 0.2) is 18.2 Å². The van der Waals surface area contributed by atoms with Crippen LogP contribution in [0.25, 0.3) is 0 Å². The van der Waals surface area contributed by atoms with Gasteiger partial charge in [0.05, 0.1) is 4.92 Å². The van der Waals surface area contributed by atoms with E-state index in [9.17, 15) is 32.5 Å². The molecule has 0 radical (unpaired) electrons. The highest BCUT2D eigenvalue weighted by molar-refractivity contribution is 5.85. The molecule has 0 aromatic heterocycles. The van der Waals surface area contributed by atoms with E-state index in [4.69, 9.17) is 0 Å². The third kappa shape index (κ3) is 4.89. The molecule has 0 saturated carbocycles. The van der Waals surface area contributed by atoms with Crippen LogP contribution in [0.1, 0.15) is 6.92 Å². The van der Waals surface area contributed by atoms with Gasteiger partial charge in [-0.3, -0.25) is 14.9 Å². The summed E-state index contributed by atoms with van der Waals surface area (Å²) in [6.45, 7) is -0.330. The highest BCUT2D eigenvalue weighted by Gasteiger charge is 2.29. The molecule has 21 heavy (non-hydrogen) atoms. The van der Waals surface area contributed by atoms with Gasteiger partial charge >= 0.3 is 11.9 Å². The van der Waals surface area contributed by atoms with Gasteiger partial charge in [0.2, 0.25) is 11.7 Å². The van der Waals surface area contributed by atoms with Crippen LogP contribution in [0.2, 0.25) is 0 Å². The van der Waals surface area contributed by atoms with E-state index in [1.807, 2.05) is 0 Å². The van der Waals surface area contributed by atoms with Crippen molar-refractivity contribution < 1.29 is 27.3 Å². The number of nitro groups is 1. The topological polar surface area (TPSA) is 84.3 Å². The first-order valence-corrected chi connectivity index (χ1v) is 5.65. The number of nitro benzene ring substituents is 1. The van der Waals surface area contributed by atoms with Crippen LogP contribution >= 0.6 is 0 Å². The monoisotopic (exact) mass is 309 g/mol. The molecule has 10 heteroatoms. The zero-order chi connectivity index (χ0) is 16.2. The Kier molecular flexibility index (Phi) is 5.06. The second kappa shape index (κ2) is 6.37. The Morgan fingerprint density at radius 1 is 1.43 bits per heavy atom. The molecule has 1 aromatic carbocycles. The molecule has 0 heterocycles. The fourth-order valence-electron chi connectivity index (χ4n) is 1.46. The minimum atomic E-state index is -4.57. The van der Waals surface area contributed by atoms with Crippen molar-refractivity contribution in [3.63, 3.8) is 0 Å². The van der Waals surface area contributed by atoms with Crippen LogP contribution in [0.3, 0.4) is 0 Å². The zero-order valence-corrected chi connectivity index (χ0v) is 10.7. The lowest BCUT2D eigenvalue weighted by molar-refractivity contribution is -0.386. The molecule has 0 aliphatic heterocycles. The van der Waals surface area contributed by atoms with Crippen molar-refractivity contribution in [2.24, 2.45) is 0 Å². The second-order valence-corrected chi connectivity index (χ2v) is 4.09. The lowest BCUT2D eigenvalue weighted by Gasteiger charge is -2.16. The summed E-state index contributed by atoms with van der Waals surface area (Å²) >= 11 is 0. The number of nitrogens with zero attached hydrogens (tertiary/aromatic N) is 1. The summed E-state index contributed by atoms with van der Waals surface area (Å²) in [6.07, 6.45) is -4.57. The number of carbonyl (C=O) groups is 1. The van der Waals surface area contributed by atoms with E-state index in [-0.39, 0.29) is 5.69 Å². The Balaban J connectivity index is 2.80. The van der Waals surface area contributed by atoms with E-state index in [1.165, 1.54) is 13.0 Å². The van der Waals surface area contributed by atoms with Crippen molar-refractivity contribution in [2.45, 2.75) is 19.1 Å². The van der Waals surface area contributed by atoms with E-state index >= 15 is 0 Å². The molecule has 0 aliphatic rings. The Labute approximate surface area is 116 Å². The van der Waals surface area contributed by atoms with Crippen LogP contribution in [-0.4, -0.2) is 29.6 Å². The summed E-state index contributed by atoms with van der Waals surface area (Å²) in [4.78, 5) is 21.2. The van der Waals surface area contributed by atoms with E-state index in [2.05, 4.69) is 5.32 Å². The van der Waals surface area contributed by atoms with Crippen LogP contribution in [-0.2, 0) is 4.79 Å². The molecule has 0 fully saturated rings. The first-order chi connectivity index (χ1) is 9.61. The Bertz CT molecular complexity index is 548. The SMILES string of the molecule is C[C@H](Nc1cccc(F)c1[N+](=O)[O-])C(=O)NCC(F)(F)F. The molecule has 0 bridgehead atoms. The molecule has 1 rings (SSSR count). The predicted octanol–water partition coefficient (Wildman–Crippen LogP) is 2.21. The largest absolute Gasteiger partial charge is 0.405 e. The number of anilines is 1. The highest BCUT2D eigenvalue weighted by Crippen LogP contribution is 2.27. The quantitative estimate of drug-likeness (QED) is 0.496. The van der Waals surface area contributed by atoms with E-state index in [1.54, 1.807) is 5.32 Å². The third-order valence-corrected chi connectivity index (χ3v) is 2.40. The maximum Gasteiger partial charge on any atom is 0.405 e. The van der Waals surface area contributed by atoms with E-state index in [0.29, 0.717) is 0 Å². The molecule has 6 nitrogen and oxygen atoms in total. The summed E-state index contributed by atoms with van der Waals surface area (Å²) in [5, 5.41) is 14.7. The number of halogens is 4. The molecule has 1 atom stereocenters. The van der Waals surface area contributed by atoms with Crippen molar-refractivity contribution in [3.8, 4) is 0 Å². The Hall–Kier alpha value is -2.39. The van der Waals surface area contributed by atoms with E-state index in [0.717, 1.165) is 12.1 Å². The summed E-state index contributed by atoms with van der Waals surface area (Å²) in [5.74, 6) is -2.14. The number of hydrogen-bond donors (Lipinski definition) is 2. The average molecular weight is 309 g/mol.